The zero-order chi connectivity index (χ0) is 17.5. The van der Waals surface area contributed by atoms with Gasteiger partial charge in [-0.1, -0.05) is 24.3 Å². The van der Waals surface area contributed by atoms with Crippen LogP contribution in [0.1, 0.15) is 18.1 Å². The smallest absolute Gasteiger partial charge is 0.228 e. The third kappa shape index (κ3) is 4.71. The molecule has 1 amide bonds. The lowest BCUT2D eigenvalue weighted by molar-refractivity contribution is -0.115. The van der Waals surface area contributed by atoms with E-state index in [2.05, 4.69) is 20.8 Å². The maximum Gasteiger partial charge on any atom is 0.228 e. The van der Waals surface area contributed by atoms with Gasteiger partial charge in [0.15, 0.2) is 0 Å². The monoisotopic (exact) mass is 337 g/mol. The summed E-state index contributed by atoms with van der Waals surface area (Å²) in [4.78, 5) is 12.2. The van der Waals surface area contributed by atoms with Crippen LogP contribution in [0, 0.1) is 0 Å². The maximum atomic E-state index is 12.2. The number of nitrogens with zero attached hydrogens (tertiary/aromatic N) is 4. The minimum absolute atomic E-state index is 0.0660. The van der Waals surface area contributed by atoms with Crippen molar-refractivity contribution in [1.82, 2.24) is 20.2 Å². The van der Waals surface area contributed by atoms with E-state index < -0.39 is 0 Å². The molecular weight excluding hydrogens is 318 g/mol. The van der Waals surface area contributed by atoms with E-state index >= 15 is 0 Å². The normalized spacial score (nSPS) is 10.6. The number of rotatable bonds is 7. The van der Waals surface area contributed by atoms with Crippen LogP contribution in [-0.2, 0) is 22.6 Å². The van der Waals surface area contributed by atoms with Gasteiger partial charge < -0.3 is 10.1 Å². The Labute approximate surface area is 145 Å². The van der Waals surface area contributed by atoms with Crippen LogP contribution in [0.25, 0.3) is 5.69 Å². The number of aromatic nitrogens is 4. The van der Waals surface area contributed by atoms with Crippen LogP contribution in [0.2, 0.25) is 0 Å². The number of carbonyl (C=O) groups is 1. The molecule has 0 fully saturated rings. The molecule has 3 aromatic rings. The van der Waals surface area contributed by atoms with Gasteiger partial charge in [-0.05, 0) is 52.7 Å². The molecule has 128 valence electrons. The SMILES string of the molecule is CCOCc1cccc(NC(=O)Cc2ccc(-n3cnnn3)cc2)c1. The van der Waals surface area contributed by atoms with E-state index in [-0.39, 0.29) is 5.91 Å². The molecule has 0 spiro atoms. The lowest BCUT2D eigenvalue weighted by atomic mass is 10.1. The maximum absolute atomic E-state index is 12.2. The molecule has 1 heterocycles. The van der Waals surface area contributed by atoms with E-state index in [1.165, 1.54) is 6.33 Å². The molecule has 0 saturated carbocycles. The summed E-state index contributed by atoms with van der Waals surface area (Å²) in [5.74, 6) is -0.0660. The van der Waals surface area contributed by atoms with E-state index in [1.807, 2.05) is 55.5 Å². The number of tetrazole rings is 1. The van der Waals surface area contributed by atoms with Crippen LogP contribution in [-0.4, -0.2) is 32.7 Å². The molecule has 1 aromatic heterocycles. The highest BCUT2D eigenvalue weighted by molar-refractivity contribution is 5.92. The molecule has 0 saturated heterocycles. The fourth-order valence-corrected chi connectivity index (χ4v) is 2.40. The molecular formula is C18H19N5O2. The minimum atomic E-state index is -0.0660. The average molecular weight is 337 g/mol. The standard InChI is InChI=1S/C18H19N5O2/c1-2-25-12-15-4-3-5-16(10-15)20-18(24)11-14-6-8-17(9-7-14)23-13-19-21-22-23/h3-10,13H,2,11-12H2,1H3,(H,20,24). The van der Waals surface area contributed by atoms with Crippen molar-refractivity contribution in [2.24, 2.45) is 0 Å². The third-order valence-corrected chi connectivity index (χ3v) is 3.60. The summed E-state index contributed by atoms with van der Waals surface area (Å²) in [5, 5.41) is 13.9. The molecule has 0 aliphatic carbocycles. The Morgan fingerprint density at radius 2 is 2.00 bits per heavy atom. The number of hydrogen-bond donors (Lipinski definition) is 1. The van der Waals surface area contributed by atoms with Crippen molar-refractivity contribution in [2.75, 3.05) is 11.9 Å². The first-order valence-corrected chi connectivity index (χ1v) is 8.03. The van der Waals surface area contributed by atoms with Crippen LogP contribution < -0.4 is 5.32 Å². The number of ether oxygens (including phenoxy) is 1. The van der Waals surface area contributed by atoms with Crippen molar-refractivity contribution in [3.8, 4) is 5.69 Å². The Balaban J connectivity index is 1.59. The number of hydrogen-bond acceptors (Lipinski definition) is 5. The second-order valence-corrected chi connectivity index (χ2v) is 5.48. The minimum Gasteiger partial charge on any atom is -0.377 e. The Bertz CT molecular complexity index is 816. The molecule has 0 bridgehead atoms. The molecule has 2 aromatic carbocycles. The molecule has 0 aliphatic rings. The largest absolute Gasteiger partial charge is 0.377 e. The van der Waals surface area contributed by atoms with Crippen molar-refractivity contribution < 1.29 is 9.53 Å². The summed E-state index contributed by atoms with van der Waals surface area (Å²) in [6.45, 7) is 3.16. The van der Waals surface area contributed by atoms with Gasteiger partial charge in [0.05, 0.1) is 18.7 Å². The summed E-state index contributed by atoms with van der Waals surface area (Å²) in [5.41, 5.74) is 3.57. The summed E-state index contributed by atoms with van der Waals surface area (Å²) in [6.07, 6.45) is 1.82. The van der Waals surface area contributed by atoms with Gasteiger partial charge in [0.1, 0.15) is 6.33 Å². The van der Waals surface area contributed by atoms with Crippen molar-refractivity contribution in [3.63, 3.8) is 0 Å². The van der Waals surface area contributed by atoms with Gasteiger partial charge in [-0.2, -0.15) is 0 Å². The molecule has 0 atom stereocenters. The molecule has 1 N–H and O–H groups in total. The molecule has 0 radical (unpaired) electrons. The summed E-state index contributed by atoms with van der Waals surface area (Å²) >= 11 is 0. The first-order chi connectivity index (χ1) is 12.2. The fourth-order valence-electron chi connectivity index (χ4n) is 2.40. The van der Waals surface area contributed by atoms with Gasteiger partial charge in [0.2, 0.25) is 5.91 Å². The highest BCUT2D eigenvalue weighted by Crippen LogP contribution is 2.13. The van der Waals surface area contributed by atoms with Crippen LogP contribution in [0.5, 0.6) is 0 Å². The van der Waals surface area contributed by atoms with E-state index in [1.54, 1.807) is 4.68 Å². The third-order valence-electron chi connectivity index (χ3n) is 3.60. The first kappa shape index (κ1) is 16.8. The highest BCUT2D eigenvalue weighted by Gasteiger charge is 2.06. The number of benzene rings is 2. The van der Waals surface area contributed by atoms with Crippen molar-refractivity contribution in [3.05, 3.63) is 66.0 Å². The molecule has 0 aliphatic heterocycles. The van der Waals surface area contributed by atoms with Crippen LogP contribution in [0.4, 0.5) is 5.69 Å². The molecule has 7 nitrogen and oxygen atoms in total. The Morgan fingerprint density at radius 3 is 2.72 bits per heavy atom. The van der Waals surface area contributed by atoms with Gasteiger partial charge in [-0.3, -0.25) is 4.79 Å². The van der Waals surface area contributed by atoms with Gasteiger partial charge in [0.25, 0.3) is 0 Å². The van der Waals surface area contributed by atoms with E-state index in [0.717, 1.165) is 22.5 Å². The zero-order valence-electron chi connectivity index (χ0n) is 13.9. The Morgan fingerprint density at radius 1 is 1.16 bits per heavy atom. The van der Waals surface area contributed by atoms with E-state index in [0.29, 0.717) is 19.6 Å². The fraction of sp³-hybridized carbons (Fsp3) is 0.222. The average Bonchev–Trinajstić information content (AvgIpc) is 3.15. The Hall–Kier alpha value is -3.06. The number of amides is 1. The lowest BCUT2D eigenvalue weighted by Crippen LogP contribution is -2.14. The van der Waals surface area contributed by atoms with Crippen LogP contribution in [0.3, 0.4) is 0 Å². The summed E-state index contributed by atoms with van der Waals surface area (Å²) < 4.78 is 6.95. The van der Waals surface area contributed by atoms with Crippen molar-refractivity contribution in [1.29, 1.82) is 0 Å². The molecule has 7 heteroatoms. The topological polar surface area (TPSA) is 81.9 Å². The van der Waals surface area contributed by atoms with E-state index in [4.69, 9.17) is 4.74 Å². The van der Waals surface area contributed by atoms with Crippen molar-refractivity contribution in [2.45, 2.75) is 20.0 Å². The van der Waals surface area contributed by atoms with Crippen molar-refractivity contribution >= 4 is 11.6 Å². The van der Waals surface area contributed by atoms with Crippen LogP contribution in [0.15, 0.2) is 54.9 Å². The second kappa shape index (κ2) is 8.16. The predicted octanol–water partition coefficient (Wildman–Crippen LogP) is 2.38. The molecule has 3 rings (SSSR count). The second-order valence-electron chi connectivity index (χ2n) is 5.48. The zero-order valence-corrected chi connectivity index (χ0v) is 13.9. The highest BCUT2D eigenvalue weighted by atomic mass is 16.5. The van der Waals surface area contributed by atoms with Gasteiger partial charge in [0, 0.05) is 12.3 Å². The first-order valence-electron chi connectivity index (χ1n) is 8.03. The van der Waals surface area contributed by atoms with Gasteiger partial charge in [-0.25, -0.2) is 4.68 Å². The number of anilines is 1. The van der Waals surface area contributed by atoms with E-state index in [9.17, 15) is 4.79 Å². The molecule has 25 heavy (non-hydrogen) atoms. The summed E-state index contributed by atoms with van der Waals surface area (Å²) in [7, 11) is 0. The summed E-state index contributed by atoms with van der Waals surface area (Å²) in [6, 6.07) is 15.2. The van der Waals surface area contributed by atoms with Crippen LogP contribution >= 0.6 is 0 Å². The molecule has 0 unspecified atom stereocenters. The predicted molar refractivity (Wildman–Crippen MR) is 93.3 cm³/mol. The Kier molecular flexibility index (Phi) is 5.48. The number of carbonyl (C=O) groups excluding carboxylic acids is 1. The quantitative estimate of drug-likeness (QED) is 0.716. The van der Waals surface area contributed by atoms with Gasteiger partial charge >= 0.3 is 0 Å². The lowest BCUT2D eigenvalue weighted by Gasteiger charge is -2.08. The number of nitrogens with one attached hydrogen (secondary N) is 1. The van der Waals surface area contributed by atoms with Gasteiger partial charge in [-0.15, -0.1) is 5.10 Å².